The summed E-state index contributed by atoms with van der Waals surface area (Å²) in [6.45, 7) is 0. The predicted molar refractivity (Wildman–Crippen MR) is 60.1 cm³/mol. The Morgan fingerprint density at radius 2 is 2.18 bits per heavy atom. The van der Waals surface area contributed by atoms with E-state index >= 15 is 0 Å². The standard InChI is InChI=1S/C6H3I2N3/c7-2-1-4-5(9)6(8)11-3-10-4/h3H,9H2. The van der Waals surface area contributed by atoms with E-state index in [2.05, 4.69) is 19.8 Å². The third kappa shape index (κ3) is 2.16. The number of nitrogens with two attached hydrogens (primary N) is 1. The number of anilines is 1. The minimum atomic E-state index is 0.553. The molecule has 0 radical (unpaired) electrons. The number of nitrogens with zero attached hydrogens (tertiary/aromatic N) is 2. The Kier molecular flexibility index (Phi) is 3.32. The summed E-state index contributed by atoms with van der Waals surface area (Å²) in [5.74, 6) is 2.77. The number of halogens is 2. The van der Waals surface area contributed by atoms with Crippen LogP contribution in [0.1, 0.15) is 5.69 Å². The maximum Gasteiger partial charge on any atom is 0.141 e. The molecule has 1 aromatic heterocycles. The molecule has 0 fully saturated rings. The zero-order chi connectivity index (χ0) is 8.27. The lowest BCUT2D eigenvalue weighted by molar-refractivity contribution is 1.12. The van der Waals surface area contributed by atoms with E-state index in [9.17, 15) is 0 Å². The van der Waals surface area contributed by atoms with Crippen LogP contribution in [-0.2, 0) is 0 Å². The molecule has 1 heterocycles. The van der Waals surface area contributed by atoms with Gasteiger partial charge in [-0.15, -0.1) is 0 Å². The van der Waals surface area contributed by atoms with Crippen LogP contribution in [0.15, 0.2) is 6.33 Å². The minimum Gasteiger partial charge on any atom is -0.394 e. The Morgan fingerprint density at radius 1 is 1.45 bits per heavy atom. The normalized spacial score (nSPS) is 8.55. The first-order valence-corrected chi connectivity index (χ1v) is 4.79. The van der Waals surface area contributed by atoms with Gasteiger partial charge in [-0.1, -0.05) is 0 Å². The van der Waals surface area contributed by atoms with Gasteiger partial charge < -0.3 is 5.73 Å². The monoisotopic (exact) mass is 371 g/mol. The summed E-state index contributed by atoms with van der Waals surface area (Å²) >= 11 is 3.98. The molecule has 0 aliphatic rings. The van der Waals surface area contributed by atoms with E-state index in [1.165, 1.54) is 6.33 Å². The van der Waals surface area contributed by atoms with Gasteiger partial charge in [-0.05, 0) is 32.4 Å². The van der Waals surface area contributed by atoms with Crippen molar-refractivity contribution in [3.8, 4) is 9.85 Å². The van der Waals surface area contributed by atoms with Crippen LogP contribution >= 0.6 is 45.2 Å². The van der Waals surface area contributed by atoms with Crippen LogP contribution in [-0.4, -0.2) is 9.97 Å². The van der Waals surface area contributed by atoms with Gasteiger partial charge in [0, 0.05) is 22.6 Å². The van der Waals surface area contributed by atoms with Gasteiger partial charge in [0.05, 0.1) is 5.69 Å². The van der Waals surface area contributed by atoms with Crippen LogP contribution in [0.4, 0.5) is 5.69 Å². The maximum absolute atomic E-state index is 5.63. The number of rotatable bonds is 0. The van der Waals surface area contributed by atoms with Gasteiger partial charge in [-0.2, -0.15) is 0 Å². The highest BCUT2D eigenvalue weighted by Gasteiger charge is 2.00. The number of nitrogen functional groups attached to an aromatic ring is 1. The lowest BCUT2D eigenvalue weighted by Crippen LogP contribution is -1.98. The first-order chi connectivity index (χ1) is 5.25. The third-order valence-electron chi connectivity index (χ3n) is 1.00. The number of aromatic nitrogens is 2. The second-order valence-electron chi connectivity index (χ2n) is 1.65. The Morgan fingerprint density at radius 3 is 2.82 bits per heavy atom. The molecule has 0 amide bonds. The number of hydrogen-bond donors (Lipinski definition) is 1. The minimum absolute atomic E-state index is 0.553. The predicted octanol–water partition coefficient (Wildman–Crippen LogP) is 1.41. The van der Waals surface area contributed by atoms with Crippen LogP contribution in [0.5, 0.6) is 0 Å². The van der Waals surface area contributed by atoms with Gasteiger partial charge in [0.1, 0.15) is 15.7 Å². The molecule has 2 N–H and O–H groups in total. The van der Waals surface area contributed by atoms with E-state index in [1.54, 1.807) is 0 Å². The van der Waals surface area contributed by atoms with Crippen LogP contribution < -0.4 is 5.73 Å². The third-order valence-corrected chi connectivity index (χ3v) is 2.13. The van der Waals surface area contributed by atoms with Crippen LogP contribution in [0.25, 0.3) is 0 Å². The largest absolute Gasteiger partial charge is 0.394 e. The summed E-state index contributed by atoms with van der Waals surface area (Å²) in [7, 11) is 0. The Labute approximate surface area is 91.5 Å². The van der Waals surface area contributed by atoms with E-state index in [0.717, 1.165) is 3.70 Å². The number of hydrogen-bond acceptors (Lipinski definition) is 3. The molecule has 3 nitrogen and oxygen atoms in total. The molecule has 1 rings (SSSR count). The zero-order valence-corrected chi connectivity index (χ0v) is 9.62. The first kappa shape index (κ1) is 8.99. The van der Waals surface area contributed by atoms with Gasteiger partial charge in [-0.3, -0.25) is 0 Å². The molecule has 0 saturated carbocycles. The molecule has 0 unspecified atom stereocenters. The highest BCUT2D eigenvalue weighted by molar-refractivity contribution is 14.1. The molecule has 56 valence electrons. The molecule has 0 aliphatic heterocycles. The van der Waals surface area contributed by atoms with Crippen molar-refractivity contribution in [3.05, 3.63) is 15.7 Å². The summed E-state index contributed by atoms with van der Waals surface area (Å²) in [6.07, 6.45) is 1.45. The Bertz CT molecular complexity index is 326. The molecular formula is C6H3I2N3. The van der Waals surface area contributed by atoms with Crippen molar-refractivity contribution in [2.24, 2.45) is 0 Å². The fraction of sp³-hybridized carbons (Fsp3) is 0. The quantitative estimate of drug-likeness (QED) is 0.427. The fourth-order valence-electron chi connectivity index (χ4n) is 0.518. The molecule has 11 heavy (non-hydrogen) atoms. The smallest absolute Gasteiger partial charge is 0.141 e. The van der Waals surface area contributed by atoms with Crippen molar-refractivity contribution < 1.29 is 0 Å². The lowest BCUT2D eigenvalue weighted by Gasteiger charge is -1.96. The van der Waals surface area contributed by atoms with Crippen molar-refractivity contribution in [1.82, 2.24) is 9.97 Å². The second kappa shape index (κ2) is 4.06. The summed E-state index contributed by atoms with van der Waals surface area (Å²) in [5, 5.41) is 0. The molecule has 0 aromatic carbocycles. The highest BCUT2D eigenvalue weighted by atomic mass is 127. The summed E-state index contributed by atoms with van der Waals surface area (Å²) in [4.78, 5) is 7.81. The molecule has 0 saturated heterocycles. The Balaban J connectivity index is 3.23. The van der Waals surface area contributed by atoms with Gasteiger partial charge in [0.2, 0.25) is 0 Å². The van der Waals surface area contributed by atoms with Crippen molar-refractivity contribution in [3.63, 3.8) is 0 Å². The first-order valence-electron chi connectivity index (χ1n) is 2.63. The topological polar surface area (TPSA) is 51.8 Å². The van der Waals surface area contributed by atoms with E-state index in [-0.39, 0.29) is 0 Å². The molecular weight excluding hydrogens is 368 g/mol. The summed E-state index contributed by atoms with van der Waals surface area (Å²) in [5.41, 5.74) is 6.78. The maximum atomic E-state index is 5.63. The van der Waals surface area contributed by atoms with E-state index in [0.29, 0.717) is 11.4 Å². The zero-order valence-electron chi connectivity index (χ0n) is 5.31. The SMILES string of the molecule is Nc1c(I)ncnc1C#CI. The van der Waals surface area contributed by atoms with E-state index in [1.807, 2.05) is 45.2 Å². The van der Waals surface area contributed by atoms with Gasteiger partial charge in [0.15, 0.2) is 0 Å². The highest BCUT2D eigenvalue weighted by Crippen LogP contribution is 2.12. The van der Waals surface area contributed by atoms with E-state index in [4.69, 9.17) is 5.73 Å². The fourth-order valence-corrected chi connectivity index (χ4v) is 1.15. The van der Waals surface area contributed by atoms with Crippen molar-refractivity contribution >= 4 is 50.9 Å². The summed E-state index contributed by atoms with van der Waals surface area (Å²) in [6, 6.07) is 0. The van der Waals surface area contributed by atoms with Crippen LogP contribution in [0, 0.1) is 13.5 Å². The average molecular weight is 371 g/mol. The van der Waals surface area contributed by atoms with E-state index < -0.39 is 0 Å². The molecule has 5 heteroatoms. The molecule has 0 aliphatic carbocycles. The summed E-state index contributed by atoms with van der Waals surface area (Å²) < 4.78 is 3.44. The molecule has 0 spiro atoms. The Hall–Kier alpha value is -0.100. The molecule has 1 aromatic rings. The van der Waals surface area contributed by atoms with Crippen LogP contribution in [0.2, 0.25) is 0 Å². The van der Waals surface area contributed by atoms with Gasteiger partial charge in [0.25, 0.3) is 0 Å². The van der Waals surface area contributed by atoms with Crippen molar-refractivity contribution in [2.75, 3.05) is 5.73 Å². The van der Waals surface area contributed by atoms with Crippen molar-refractivity contribution in [1.29, 1.82) is 0 Å². The lowest BCUT2D eigenvalue weighted by atomic mass is 10.4. The second-order valence-corrected chi connectivity index (χ2v) is 3.21. The average Bonchev–Trinajstić information content (AvgIpc) is 1.99. The van der Waals surface area contributed by atoms with Crippen LogP contribution in [0.3, 0.4) is 0 Å². The molecule has 0 atom stereocenters. The van der Waals surface area contributed by atoms with Gasteiger partial charge in [-0.25, -0.2) is 9.97 Å². The molecule has 0 bridgehead atoms. The van der Waals surface area contributed by atoms with Gasteiger partial charge >= 0.3 is 0 Å². The van der Waals surface area contributed by atoms with Crippen molar-refractivity contribution in [2.45, 2.75) is 0 Å².